The third-order valence-electron chi connectivity index (χ3n) is 4.10. The molecule has 0 aliphatic carbocycles. The van der Waals surface area contributed by atoms with E-state index in [-0.39, 0.29) is 41.9 Å². The SMILES string of the molecule is CCN(Cc1cc(Br)ccc1F)C(=O)c1cc(OC)c(OCC(N)=O)c(OC)c1. The van der Waals surface area contributed by atoms with E-state index in [9.17, 15) is 14.0 Å². The van der Waals surface area contributed by atoms with Crippen LogP contribution in [-0.2, 0) is 11.3 Å². The van der Waals surface area contributed by atoms with Crippen LogP contribution >= 0.6 is 15.9 Å². The van der Waals surface area contributed by atoms with Gasteiger partial charge < -0.3 is 24.8 Å². The van der Waals surface area contributed by atoms with Gasteiger partial charge in [0.15, 0.2) is 18.1 Å². The van der Waals surface area contributed by atoms with Crippen LogP contribution < -0.4 is 19.9 Å². The Kier molecular flexibility index (Phi) is 7.83. The summed E-state index contributed by atoms with van der Waals surface area (Å²) in [5, 5.41) is 0. The molecule has 156 valence electrons. The number of carbonyl (C=O) groups is 2. The number of primary amides is 1. The normalized spacial score (nSPS) is 10.4. The van der Waals surface area contributed by atoms with Gasteiger partial charge in [0.05, 0.1) is 14.2 Å². The van der Waals surface area contributed by atoms with Gasteiger partial charge in [-0.25, -0.2) is 4.39 Å². The molecule has 7 nitrogen and oxygen atoms in total. The molecule has 2 N–H and O–H groups in total. The van der Waals surface area contributed by atoms with Crippen molar-refractivity contribution in [1.82, 2.24) is 4.90 Å². The van der Waals surface area contributed by atoms with Gasteiger partial charge in [-0.15, -0.1) is 0 Å². The zero-order valence-electron chi connectivity index (χ0n) is 16.3. The zero-order valence-corrected chi connectivity index (χ0v) is 17.9. The molecule has 0 radical (unpaired) electrons. The summed E-state index contributed by atoms with van der Waals surface area (Å²) in [6.07, 6.45) is 0. The number of amides is 2. The molecule has 0 fully saturated rings. The number of rotatable bonds is 9. The molecule has 0 atom stereocenters. The Hall–Kier alpha value is -2.81. The second kappa shape index (κ2) is 10.1. The Morgan fingerprint density at radius 1 is 1.14 bits per heavy atom. The van der Waals surface area contributed by atoms with Crippen molar-refractivity contribution in [3.05, 3.63) is 51.7 Å². The largest absolute Gasteiger partial charge is 0.493 e. The van der Waals surface area contributed by atoms with Crippen molar-refractivity contribution in [1.29, 1.82) is 0 Å². The third kappa shape index (κ3) is 5.60. The molecule has 2 aromatic carbocycles. The van der Waals surface area contributed by atoms with Crippen molar-refractivity contribution in [2.45, 2.75) is 13.5 Å². The van der Waals surface area contributed by atoms with E-state index in [0.29, 0.717) is 12.1 Å². The molecule has 0 aromatic heterocycles. The fraction of sp³-hybridized carbons (Fsp3) is 0.300. The summed E-state index contributed by atoms with van der Waals surface area (Å²) in [4.78, 5) is 25.6. The molecule has 2 aromatic rings. The van der Waals surface area contributed by atoms with E-state index in [0.717, 1.165) is 4.47 Å². The van der Waals surface area contributed by atoms with Gasteiger partial charge in [0.25, 0.3) is 11.8 Å². The lowest BCUT2D eigenvalue weighted by Crippen LogP contribution is -2.30. The number of carbonyl (C=O) groups excluding carboxylic acids is 2. The van der Waals surface area contributed by atoms with E-state index >= 15 is 0 Å². The average molecular weight is 469 g/mol. The number of methoxy groups -OCH3 is 2. The maximum absolute atomic E-state index is 14.1. The molecule has 0 saturated carbocycles. The minimum absolute atomic E-state index is 0.0885. The molecule has 0 heterocycles. The second-order valence-electron chi connectivity index (χ2n) is 6.02. The quantitative estimate of drug-likeness (QED) is 0.610. The summed E-state index contributed by atoms with van der Waals surface area (Å²) in [6.45, 7) is 1.87. The van der Waals surface area contributed by atoms with Crippen molar-refractivity contribution in [2.24, 2.45) is 5.73 Å². The van der Waals surface area contributed by atoms with Crippen LogP contribution in [0.5, 0.6) is 17.2 Å². The third-order valence-corrected chi connectivity index (χ3v) is 4.60. The Bertz CT molecular complexity index is 881. The van der Waals surface area contributed by atoms with Crippen molar-refractivity contribution < 1.29 is 28.2 Å². The highest BCUT2D eigenvalue weighted by atomic mass is 79.9. The Morgan fingerprint density at radius 2 is 1.76 bits per heavy atom. The number of hydrogen-bond donors (Lipinski definition) is 1. The van der Waals surface area contributed by atoms with Crippen LogP contribution in [0.2, 0.25) is 0 Å². The maximum Gasteiger partial charge on any atom is 0.255 e. The van der Waals surface area contributed by atoms with Gasteiger partial charge in [-0.05, 0) is 37.3 Å². The standard InChI is InChI=1S/C20H22BrFN2O5/c1-4-24(10-13-7-14(21)5-6-15(13)22)20(26)12-8-16(27-2)19(17(9-12)28-3)29-11-18(23)25/h5-9H,4,10-11H2,1-3H3,(H2,23,25). The van der Waals surface area contributed by atoms with Crippen LogP contribution in [0.4, 0.5) is 4.39 Å². The molecule has 29 heavy (non-hydrogen) atoms. The molecule has 2 rings (SSSR count). The fourth-order valence-corrected chi connectivity index (χ4v) is 3.08. The summed E-state index contributed by atoms with van der Waals surface area (Å²) >= 11 is 3.31. The lowest BCUT2D eigenvalue weighted by Gasteiger charge is -2.23. The Balaban J connectivity index is 2.36. The van der Waals surface area contributed by atoms with Crippen molar-refractivity contribution in [3.63, 3.8) is 0 Å². The van der Waals surface area contributed by atoms with E-state index < -0.39 is 11.7 Å². The second-order valence-corrected chi connectivity index (χ2v) is 6.94. The first-order valence-corrected chi connectivity index (χ1v) is 9.50. The van der Waals surface area contributed by atoms with Gasteiger partial charge in [0.2, 0.25) is 5.75 Å². The molecule has 0 unspecified atom stereocenters. The van der Waals surface area contributed by atoms with Crippen LogP contribution in [0, 0.1) is 5.82 Å². The summed E-state index contributed by atoms with van der Waals surface area (Å²) < 4.78 is 30.8. The molecule has 0 spiro atoms. The molecule has 2 amide bonds. The van der Waals surface area contributed by atoms with Crippen molar-refractivity contribution >= 4 is 27.7 Å². The van der Waals surface area contributed by atoms with E-state index in [4.69, 9.17) is 19.9 Å². The highest BCUT2D eigenvalue weighted by Crippen LogP contribution is 2.39. The number of hydrogen-bond acceptors (Lipinski definition) is 5. The van der Waals surface area contributed by atoms with Gasteiger partial charge in [0, 0.05) is 28.7 Å². The minimum atomic E-state index is -0.664. The van der Waals surface area contributed by atoms with E-state index in [1.807, 2.05) is 0 Å². The first-order chi connectivity index (χ1) is 13.8. The molecule has 0 bridgehead atoms. The van der Waals surface area contributed by atoms with E-state index in [1.54, 1.807) is 19.1 Å². The monoisotopic (exact) mass is 468 g/mol. The predicted molar refractivity (Wildman–Crippen MR) is 109 cm³/mol. The van der Waals surface area contributed by atoms with E-state index in [2.05, 4.69) is 15.9 Å². The summed E-state index contributed by atoms with van der Waals surface area (Å²) in [6, 6.07) is 7.52. The van der Waals surface area contributed by atoms with Crippen molar-refractivity contribution in [3.8, 4) is 17.2 Å². The van der Waals surface area contributed by atoms with Crippen LogP contribution in [-0.4, -0.2) is 44.1 Å². The molecule has 9 heteroatoms. The smallest absolute Gasteiger partial charge is 0.255 e. The van der Waals surface area contributed by atoms with Crippen molar-refractivity contribution in [2.75, 3.05) is 27.4 Å². The number of nitrogens with two attached hydrogens (primary N) is 1. The highest BCUT2D eigenvalue weighted by molar-refractivity contribution is 9.10. The van der Waals surface area contributed by atoms with Gasteiger partial charge in [-0.3, -0.25) is 9.59 Å². The van der Waals surface area contributed by atoms with E-state index in [1.165, 1.54) is 37.3 Å². The summed E-state index contributed by atoms with van der Waals surface area (Å²) in [5.74, 6) is -0.832. The lowest BCUT2D eigenvalue weighted by molar-refractivity contribution is -0.120. The zero-order chi connectivity index (χ0) is 21.6. The van der Waals surface area contributed by atoms with Gasteiger partial charge in [-0.2, -0.15) is 0 Å². The number of nitrogens with zero attached hydrogens (tertiary/aromatic N) is 1. The topological polar surface area (TPSA) is 91.1 Å². The highest BCUT2D eigenvalue weighted by Gasteiger charge is 2.22. The molecule has 0 aliphatic heterocycles. The number of benzene rings is 2. The number of ether oxygens (including phenoxy) is 3. The fourth-order valence-electron chi connectivity index (χ4n) is 2.67. The number of halogens is 2. The first-order valence-electron chi connectivity index (χ1n) is 8.71. The average Bonchev–Trinajstić information content (AvgIpc) is 2.71. The molecular weight excluding hydrogens is 447 g/mol. The maximum atomic E-state index is 14.1. The Morgan fingerprint density at radius 3 is 2.28 bits per heavy atom. The summed E-state index contributed by atoms with van der Waals surface area (Å²) in [7, 11) is 2.79. The molecule has 0 saturated heterocycles. The minimum Gasteiger partial charge on any atom is -0.493 e. The van der Waals surface area contributed by atoms with Crippen LogP contribution in [0.3, 0.4) is 0 Å². The van der Waals surface area contributed by atoms with Gasteiger partial charge >= 0.3 is 0 Å². The lowest BCUT2D eigenvalue weighted by atomic mass is 10.1. The Labute approximate surface area is 176 Å². The van der Waals surface area contributed by atoms with Crippen LogP contribution in [0.1, 0.15) is 22.8 Å². The summed E-state index contributed by atoms with van der Waals surface area (Å²) in [5.41, 5.74) is 5.77. The van der Waals surface area contributed by atoms with Crippen LogP contribution in [0.25, 0.3) is 0 Å². The molecular formula is C20H22BrFN2O5. The van der Waals surface area contributed by atoms with Gasteiger partial charge in [0.1, 0.15) is 5.82 Å². The first kappa shape index (κ1) is 22.5. The van der Waals surface area contributed by atoms with Crippen LogP contribution in [0.15, 0.2) is 34.8 Å². The van der Waals surface area contributed by atoms with Gasteiger partial charge in [-0.1, -0.05) is 15.9 Å². The predicted octanol–water partition coefficient (Wildman–Crippen LogP) is 3.13. The molecule has 0 aliphatic rings.